The lowest BCUT2D eigenvalue weighted by Gasteiger charge is -2.21. The second-order valence-corrected chi connectivity index (χ2v) is 5.54. The van der Waals surface area contributed by atoms with Crippen LogP contribution in [0.5, 0.6) is 0 Å². The van der Waals surface area contributed by atoms with Crippen molar-refractivity contribution in [2.75, 3.05) is 0 Å². The molecule has 0 aliphatic heterocycles. The Morgan fingerprint density at radius 1 is 1.47 bits per heavy atom. The molecule has 1 saturated carbocycles. The van der Waals surface area contributed by atoms with Crippen molar-refractivity contribution in [3.05, 3.63) is 23.3 Å². The van der Waals surface area contributed by atoms with Gasteiger partial charge in [-0.3, -0.25) is 0 Å². The van der Waals surface area contributed by atoms with Crippen molar-refractivity contribution >= 4 is 0 Å². The molecule has 1 nitrogen and oxygen atoms in total. The van der Waals surface area contributed by atoms with E-state index in [1.807, 2.05) is 13.0 Å². The van der Waals surface area contributed by atoms with E-state index in [1.54, 1.807) is 13.0 Å². The molecule has 1 fully saturated rings. The fraction of sp³-hybridized carbons (Fsp3) is 0.714. The van der Waals surface area contributed by atoms with E-state index < -0.39 is 11.8 Å². The summed E-state index contributed by atoms with van der Waals surface area (Å²) in [6.45, 7) is 6.16. The maximum absolute atomic E-state index is 13.8. The predicted octanol–water partition coefficient (Wildman–Crippen LogP) is 3.85. The molecule has 0 bridgehead atoms. The molecule has 0 aromatic heterocycles. The number of alkyl halides is 2. The Hall–Kier alpha value is -0.700. The van der Waals surface area contributed by atoms with Crippen LogP contribution in [-0.2, 0) is 0 Å². The summed E-state index contributed by atoms with van der Waals surface area (Å²) in [5.74, 6) is 0. The lowest BCUT2D eigenvalue weighted by Crippen LogP contribution is -2.29. The average Bonchev–Trinajstić information content (AvgIpc) is 2.94. The summed E-state index contributed by atoms with van der Waals surface area (Å²) >= 11 is 0. The number of halogens is 2. The van der Waals surface area contributed by atoms with Crippen LogP contribution in [0, 0.1) is 0 Å². The zero-order chi connectivity index (χ0) is 13.3. The molecule has 0 amide bonds. The van der Waals surface area contributed by atoms with Gasteiger partial charge in [-0.25, -0.2) is 8.78 Å². The van der Waals surface area contributed by atoms with Crippen molar-refractivity contribution in [3.8, 4) is 0 Å². The highest BCUT2D eigenvalue weighted by molar-refractivity contribution is 5.39. The number of allylic oxidation sites excluding steroid dienone is 2. The van der Waals surface area contributed by atoms with Crippen LogP contribution in [0.15, 0.2) is 23.3 Å². The van der Waals surface area contributed by atoms with Gasteiger partial charge in [0.05, 0.1) is 0 Å². The highest BCUT2D eigenvalue weighted by Crippen LogP contribution is 2.41. The Morgan fingerprint density at radius 2 is 2.00 bits per heavy atom. The van der Waals surface area contributed by atoms with Crippen molar-refractivity contribution in [1.82, 2.24) is 0 Å². The Balaban J connectivity index is 2.89. The monoisotopic (exact) mass is 243 g/mol. The third-order valence-corrected chi connectivity index (χ3v) is 3.17. The van der Waals surface area contributed by atoms with Gasteiger partial charge in [0.15, 0.2) is 6.17 Å². The highest BCUT2D eigenvalue weighted by atomic mass is 19.2. The van der Waals surface area contributed by atoms with Crippen LogP contribution in [0.2, 0.25) is 0 Å². The van der Waals surface area contributed by atoms with E-state index in [0.717, 1.165) is 24.8 Å². The molecule has 1 rings (SSSR count). The Bertz CT molecular complexity index is 333. The summed E-state index contributed by atoms with van der Waals surface area (Å²) in [5.41, 5.74) is 5.33. The van der Waals surface area contributed by atoms with Gasteiger partial charge in [0, 0.05) is 5.54 Å². The van der Waals surface area contributed by atoms with Gasteiger partial charge in [-0.1, -0.05) is 19.1 Å². The largest absolute Gasteiger partial charge is 0.321 e. The fourth-order valence-electron chi connectivity index (χ4n) is 1.91. The molecular weight excluding hydrogens is 220 g/mol. The lowest BCUT2D eigenvalue weighted by atomic mass is 9.94. The third-order valence-electron chi connectivity index (χ3n) is 3.17. The molecule has 1 atom stereocenters. The quantitative estimate of drug-likeness (QED) is 0.729. The van der Waals surface area contributed by atoms with Gasteiger partial charge in [-0.2, -0.15) is 0 Å². The van der Waals surface area contributed by atoms with Crippen LogP contribution >= 0.6 is 0 Å². The minimum atomic E-state index is -1.84. The first kappa shape index (κ1) is 14.4. The van der Waals surface area contributed by atoms with Crippen LogP contribution in [0.3, 0.4) is 0 Å². The highest BCUT2D eigenvalue weighted by Gasteiger charge is 2.41. The predicted molar refractivity (Wildman–Crippen MR) is 68.4 cm³/mol. The van der Waals surface area contributed by atoms with Gasteiger partial charge in [0.1, 0.15) is 5.67 Å². The summed E-state index contributed by atoms with van der Waals surface area (Å²) < 4.78 is 27.3. The van der Waals surface area contributed by atoms with Crippen LogP contribution in [0.4, 0.5) is 8.78 Å². The zero-order valence-corrected chi connectivity index (χ0v) is 11.2. The van der Waals surface area contributed by atoms with Crippen molar-refractivity contribution in [3.63, 3.8) is 0 Å². The lowest BCUT2D eigenvalue weighted by molar-refractivity contribution is 0.109. The van der Waals surface area contributed by atoms with Gasteiger partial charge in [-0.15, -0.1) is 0 Å². The molecule has 0 saturated heterocycles. The van der Waals surface area contributed by atoms with E-state index in [2.05, 4.69) is 0 Å². The second kappa shape index (κ2) is 4.89. The third kappa shape index (κ3) is 3.63. The molecule has 17 heavy (non-hydrogen) atoms. The molecular formula is C14H23F2N. The summed E-state index contributed by atoms with van der Waals surface area (Å²) in [4.78, 5) is 0. The molecule has 1 aliphatic carbocycles. The maximum atomic E-state index is 13.8. The van der Waals surface area contributed by atoms with Gasteiger partial charge in [-0.05, 0) is 51.2 Å². The Morgan fingerprint density at radius 3 is 2.35 bits per heavy atom. The van der Waals surface area contributed by atoms with Crippen molar-refractivity contribution in [1.29, 1.82) is 0 Å². The Kier molecular flexibility index (Phi) is 4.13. The fourth-order valence-corrected chi connectivity index (χ4v) is 1.91. The van der Waals surface area contributed by atoms with Gasteiger partial charge >= 0.3 is 0 Å². The first-order chi connectivity index (χ1) is 7.70. The topological polar surface area (TPSA) is 26.0 Å². The number of hydrogen-bond acceptors (Lipinski definition) is 1. The molecule has 0 heterocycles. The first-order valence-electron chi connectivity index (χ1n) is 6.21. The Labute approximate surface area is 103 Å². The normalized spacial score (nSPS) is 22.5. The molecule has 0 spiro atoms. The molecule has 1 unspecified atom stereocenters. The molecule has 3 heteroatoms. The summed E-state index contributed by atoms with van der Waals surface area (Å²) in [6.07, 6.45) is 4.87. The van der Waals surface area contributed by atoms with Crippen LogP contribution in [0.1, 0.15) is 47.0 Å². The van der Waals surface area contributed by atoms with Crippen LogP contribution in [0.25, 0.3) is 0 Å². The summed E-state index contributed by atoms with van der Waals surface area (Å²) in [7, 11) is 0. The number of nitrogens with two attached hydrogens (primary N) is 1. The molecule has 1 aliphatic rings. The molecule has 0 radical (unpaired) electrons. The molecule has 2 N–H and O–H groups in total. The molecule has 98 valence electrons. The van der Waals surface area contributed by atoms with Gasteiger partial charge < -0.3 is 5.73 Å². The molecule has 0 aromatic carbocycles. The number of rotatable bonds is 5. The SMILES string of the molecule is CC/C=C(\C=C(/C)C(F)C(C)(C)F)C1(N)CC1. The minimum absolute atomic E-state index is 0.294. The van der Waals surface area contributed by atoms with E-state index in [-0.39, 0.29) is 5.54 Å². The van der Waals surface area contributed by atoms with Crippen LogP contribution in [-0.4, -0.2) is 17.4 Å². The smallest absolute Gasteiger partial charge is 0.154 e. The van der Waals surface area contributed by atoms with Crippen molar-refractivity contribution < 1.29 is 8.78 Å². The van der Waals surface area contributed by atoms with Crippen LogP contribution < -0.4 is 5.73 Å². The van der Waals surface area contributed by atoms with Crippen molar-refractivity contribution in [2.45, 2.75) is 64.3 Å². The van der Waals surface area contributed by atoms with Gasteiger partial charge in [0.2, 0.25) is 0 Å². The van der Waals surface area contributed by atoms with E-state index in [4.69, 9.17) is 5.73 Å². The number of hydrogen-bond donors (Lipinski definition) is 1. The second-order valence-electron chi connectivity index (χ2n) is 5.54. The standard InChI is InChI=1S/C14H23F2N/c1-5-6-11(14(17)7-8-14)9-10(2)12(15)13(3,4)16/h6,9,12H,5,7-8,17H2,1-4H3/b10-9+,11-6+. The zero-order valence-electron chi connectivity index (χ0n) is 11.2. The van der Waals surface area contributed by atoms with E-state index in [1.165, 1.54) is 13.8 Å². The summed E-state index contributed by atoms with van der Waals surface area (Å²) in [5, 5.41) is 0. The van der Waals surface area contributed by atoms with Crippen molar-refractivity contribution in [2.24, 2.45) is 5.73 Å². The average molecular weight is 243 g/mol. The van der Waals surface area contributed by atoms with E-state index >= 15 is 0 Å². The summed E-state index contributed by atoms with van der Waals surface area (Å²) in [6, 6.07) is 0. The van der Waals surface area contributed by atoms with E-state index in [9.17, 15) is 8.78 Å². The van der Waals surface area contributed by atoms with Gasteiger partial charge in [0.25, 0.3) is 0 Å². The minimum Gasteiger partial charge on any atom is -0.321 e. The first-order valence-corrected chi connectivity index (χ1v) is 6.21. The van der Waals surface area contributed by atoms with E-state index in [0.29, 0.717) is 5.57 Å². The maximum Gasteiger partial charge on any atom is 0.154 e. The molecule has 0 aromatic rings.